The fourth-order valence-electron chi connectivity index (χ4n) is 2.23. The van der Waals surface area contributed by atoms with Gasteiger partial charge in [-0.1, -0.05) is 12.1 Å². The highest BCUT2D eigenvalue weighted by Gasteiger charge is 2.21. The number of aromatic nitrogens is 2. The molecule has 0 atom stereocenters. The molecular weight excluding hydrogens is 324 g/mol. The summed E-state index contributed by atoms with van der Waals surface area (Å²) in [5, 5.41) is 4.93. The van der Waals surface area contributed by atoms with Gasteiger partial charge in [0.1, 0.15) is 5.75 Å². The predicted octanol–water partition coefficient (Wildman–Crippen LogP) is 1.20. The van der Waals surface area contributed by atoms with Crippen molar-refractivity contribution < 1.29 is 14.3 Å². The standard InChI is InChI=1S/C16H16N6O3/c1-10-9-22(16(24)20-19-10)21-15(23)11-7-17-14(18-8-11)12-5-3-4-6-13(12)25-2/h3-8H,9H2,1-2H3,(H,20,24)(H,21,23). The molecule has 128 valence electrons. The van der Waals surface area contributed by atoms with Gasteiger partial charge in [-0.25, -0.2) is 25.2 Å². The molecule has 1 aliphatic rings. The van der Waals surface area contributed by atoms with E-state index in [0.717, 1.165) is 10.6 Å². The molecule has 0 saturated carbocycles. The first-order valence-electron chi connectivity index (χ1n) is 7.45. The number of rotatable bonds is 4. The molecule has 0 aliphatic carbocycles. The van der Waals surface area contributed by atoms with E-state index in [-0.39, 0.29) is 12.1 Å². The Morgan fingerprint density at radius 2 is 2.00 bits per heavy atom. The number of carbonyl (C=O) groups excluding carboxylic acids is 2. The van der Waals surface area contributed by atoms with Gasteiger partial charge in [0.15, 0.2) is 5.82 Å². The number of nitrogens with zero attached hydrogens (tertiary/aromatic N) is 4. The lowest BCUT2D eigenvalue weighted by atomic mass is 10.2. The van der Waals surface area contributed by atoms with Crippen LogP contribution in [0, 0.1) is 0 Å². The number of urea groups is 1. The molecule has 3 rings (SSSR count). The van der Waals surface area contributed by atoms with E-state index in [0.29, 0.717) is 17.3 Å². The number of carbonyl (C=O) groups is 2. The summed E-state index contributed by atoms with van der Waals surface area (Å²) in [5.74, 6) is 0.587. The molecule has 0 radical (unpaired) electrons. The molecule has 9 nitrogen and oxygen atoms in total. The summed E-state index contributed by atoms with van der Waals surface area (Å²) in [6.45, 7) is 1.95. The van der Waals surface area contributed by atoms with Crippen molar-refractivity contribution in [1.29, 1.82) is 0 Å². The number of hydrogen-bond acceptors (Lipinski definition) is 6. The van der Waals surface area contributed by atoms with Gasteiger partial charge in [0, 0.05) is 12.4 Å². The second kappa shape index (κ2) is 6.95. The van der Waals surface area contributed by atoms with E-state index >= 15 is 0 Å². The number of benzene rings is 1. The number of nitrogens with one attached hydrogen (secondary N) is 2. The smallest absolute Gasteiger partial charge is 0.356 e. The van der Waals surface area contributed by atoms with Gasteiger partial charge in [0.25, 0.3) is 5.91 Å². The first-order chi connectivity index (χ1) is 12.1. The van der Waals surface area contributed by atoms with Crippen LogP contribution in [0.2, 0.25) is 0 Å². The minimum Gasteiger partial charge on any atom is -0.496 e. The fourth-order valence-corrected chi connectivity index (χ4v) is 2.23. The molecule has 0 saturated heterocycles. The number of hydrazone groups is 1. The van der Waals surface area contributed by atoms with Crippen LogP contribution in [0.25, 0.3) is 11.4 Å². The monoisotopic (exact) mass is 340 g/mol. The van der Waals surface area contributed by atoms with Crippen molar-refractivity contribution in [2.24, 2.45) is 5.10 Å². The Morgan fingerprint density at radius 3 is 2.72 bits per heavy atom. The number of methoxy groups -OCH3 is 1. The molecule has 2 N–H and O–H groups in total. The van der Waals surface area contributed by atoms with Crippen molar-refractivity contribution in [1.82, 2.24) is 25.8 Å². The SMILES string of the molecule is COc1ccccc1-c1ncc(C(=O)NN2CC(C)=NNC2=O)cn1. The maximum absolute atomic E-state index is 12.3. The zero-order chi connectivity index (χ0) is 17.8. The van der Waals surface area contributed by atoms with Gasteiger partial charge in [-0.2, -0.15) is 5.10 Å². The zero-order valence-electron chi connectivity index (χ0n) is 13.7. The molecule has 1 aromatic carbocycles. The largest absolute Gasteiger partial charge is 0.496 e. The third kappa shape index (κ3) is 3.55. The molecule has 0 unspecified atom stereocenters. The van der Waals surface area contributed by atoms with E-state index in [9.17, 15) is 9.59 Å². The summed E-state index contributed by atoms with van der Waals surface area (Å²) < 4.78 is 5.28. The van der Waals surface area contributed by atoms with Gasteiger partial charge in [0.2, 0.25) is 0 Å². The summed E-state index contributed by atoms with van der Waals surface area (Å²) >= 11 is 0. The molecule has 3 amide bonds. The first-order valence-corrected chi connectivity index (χ1v) is 7.45. The molecule has 2 aromatic rings. The molecule has 2 heterocycles. The van der Waals surface area contributed by atoms with Crippen LogP contribution in [0.4, 0.5) is 4.79 Å². The van der Waals surface area contributed by atoms with Gasteiger partial charge in [-0.05, 0) is 19.1 Å². The lowest BCUT2D eigenvalue weighted by Crippen LogP contribution is -2.54. The van der Waals surface area contributed by atoms with Crippen LogP contribution in [0.15, 0.2) is 41.8 Å². The number of amides is 3. The Morgan fingerprint density at radius 1 is 1.28 bits per heavy atom. The summed E-state index contributed by atoms with van der Waals surface area (Å²) in [5.41, 5.74) is 6.41. The average Bonchev–Trinajstić information content (AvgIpc) is 2.64. The highest BCUT2D eigenvalue weighted by atomic mass is 16.5. The Labute approximate surface area is 143 Å². The predicted molar refractivity (Wildman–Crippen MR) is 89.8 cm³/mol. The van der Waals surface area contributed by atoms with Crippen LogP contribution in [0.1, 0.15) is 17.3 Å². The van der Waals surface area contributed by atoms with Crippen molar-refractivity contribution in [3.63, 3.8) is 0 Å². The number of hydrogen-bond donors (Lipinski definition) is 2. The summed E-state index contributed by atoms with van der Waals surface area (Å²) in [4.78, 5) is 32.3. The van der Waals surface area contributed by atoms with Crippen molar-refractivity contribution in [2.45, 2.75) is 6.92 Å². The number of ether oxygens (including phenoxy) is 1. The normalized spacial score (nSPS) is 13.8. The lowest BCUT2D eigenvalue weighted by molar-refractivity contribution is 0.0838. The molecular formula is C16H16N6O3. The van der Waals surface area contributed by atoms with E-state index in [1.165, 1.54) is 12.4 Å². The second-order valence-electron chi connectivity index (χ2n) is 5.29. The molecule has 9 heteroatoms. The van der Waals surface area contributed by atoms with Gasteiger partial charge in [-0.15, -0.1) is 0 Å². The number of hydrazine groups is 1. The van der Waals surface area contributed by atoms with E-state index in [2.05, 4.69) is 25.9 Å². The molecule has 0 fully saturated rings. The Hall–Kier alpha value is -3.49. The van der Waals surface area contributed by atoms with E-state index < -0.39 is 11.9 Å². The maximum Gasteiger partial charge on any atom is 0.356 e. The Balaban J connectivity index is 1.75. The zero-order valence-corrected chi connectivity index (χ0v) is 13.7. The topological polar surface area (TPSA) is 109 Å². The van der Waals surface area contributed by atoms with E-state index in [4.69, 9.17) is 4.74 Å². The minimum atomic E-state index is -0.509. The van der Waals surface area contributed by atoms with Gasteiger partial charge in [-0.3, -0.25) is 10.2 Å². The molecule has 25 heavy (non-hydrogen) atoms. The van der Waals surface area contributed by atoms with Crippen LogP contribution in [0.5, 0.6) is 5.75 Å². The van der Waals surface area contributed by atoms with Crippen LogP contribution < -0.4 is 15.6 Å². The highest BCUT2D eigenvalue weighted by Crippen LogP contribution is 2.26. The quantitative estimate of drug-likeness (QED) is 0.869. The molecule has 1 aromatic heterocycles. The van der Waals surface area contributed by atoms with Crippen molar-refractivity contribution in [3.8, 4) is 17.1 Å². The lowest BCUT2D eigenvalue weighted by Gasteiger charge is -2.25. The van der Waals surface area contributed by atoms with Crippen LogP contribution >= 0.6 is 0 Å². The molecule has 0 bridgehead atoms. The number of para-hydroxylation sites is 1. The molecule has 1 aliphatic heterocycles. The third-order valence-electron chi connectivity index (χ3n) is 3.47. The highest BCUT2D eigenvalue weighted by molar-refractivity contribution is 5.97. The Bertz CT molecular complexity index is 834. The van der Waals surface area contributed by atoms with Crippen molar-refractivity contribution >= 4 is 17.6 Å². The molecule has 0 spiro atoms. The minimum absolute atomic E-state index is 0.206. The van der Waals surface area contributed by atoms with Crippen LogP contribution in [0.3, 0.4) is 0 Å². The summed E-state index contributed by atoms with van der Waals surface area (Å²) in [6.07, 6.45) is 2.79. The van der Waals surface area contributed by atoms with Gasteiger partial charge < -0.3 is 4.74 Å². The average molecular weight is 340 g/mol. The Kier molecular flexibility index (Phi) is 4.55. The van der Waals surface area contributed by atoms with Crippen molar-refractivity contribution in [3.05, 3.63) is 42.2 Å². The summed E-state index contributed by atoms with van der Waals surface area (Å²) in [7, 11) is 1.57. The fraction of sp³-hybridized carbons (Fsp3) is 0.188. The van der Waals surface area contributed by atoms with E-state index in [1.54, 1.807) is 20.1 Å². The summed E-state index contributed by atoms with van der Waals surface area (Å²) in [6, 6.07) is 6.82. The van der Waals surface area contributed by atoms with E-state index in [1.807, 2.05) is 18.2 Å². The first kappa shape index (κ1) is 16.4. The third-order valence-corrected chi connectivity index (χ3v) is 3.47. The van der Waals surface area contributed by atoms with Crippen LogP contribution in [-0.4, -0.2) is 46.3 Å². The van der Waals surface area contributed by atoms with Gasteiger partial charge in [0.05, 0.1) is 30.5 Å². The van der Waals surface area contributed by atoms with Crippen molar-refractivity contribution in [2.75, 3.05) is 13.7 Å². The van der Waals surface area contributed by atoms with Crippen LogP contribution in [-0.2, 0) is 0 Å². The van der Waals surface area contributed by atoms with Gasteiger partial charge >= 0.3 is 6.03 Å². The maximum atomic E-state index is 12.3. The second-order valence-corrected chi connectivity index (χ2v) is 5.29.